The Bertz CT molecular complexity index is 1910. The molecule has 64 heavy (non-hydrogen) atoms. The summed E-state index contributed by atoms with van der Waals surface area (Å²) in [5, 5.41) is 10.1. The van der Waals surface area contributed by atoms with Gasteiger partial charge in [-0.2, -0.15) is 0 Å². The van der Waals surface area contributed by atoms with Crippen molar-refractivity contribution in [1.29, 1.82) is 0 Å². The van der Waals surface area contributed by atoms with Crippen molar-refractivity contribution < 1.29 is 13.2 Å². The van der Waals surface area contributed by atoms with Crippen molar-refractivity contribution >= 4 is 0 Å². The third kappa shape index (κ3) is 14.9. The molecule has 0 aromatic heterocycles. The summed E-state index contributed by atoms with van der Waals surface area (Å²) in [4.78, 5) is 12.2. The first-order chi connectivity index (χ1) is 30.7. The van der Waals surface area contributed by atoms with Crippen molar-refractivity contribution in [3.05, 3.63) is 143 Å². The van der Waals surface area contributed by atoms with Gasteiger partial charge in [0.1, 0.15) is 17.5 Å². The maximum Gasteiger partial charge on any atom is 0.128 e. The molecule has 0 spiro atoms. The van der Waals surface area contributed by atoms with Crippen molar-refractivity contribution in [2.24, 2.45) is 0 Å². The SMILES string of the molecule is CC(C)N1CCN(C)CC1c1ccccc1.CC(C)N1CCNCC1c1cc(F)ccc1F.CC(C)N1CCNCC1c1cccc(F)c1.CC(C)N1CCNCC1c1ccccc1. The molecule has 0 aliphatic carbocycles. The first-order valence-electron chi connectivity index (χ1n) is 23.9. The summed E-state index contributed by atoms with van der Waals surface area (Å²) >= 11 is 0. The number of piperazine rings is 4. The molecule has 0 saturated carbocycles. The fraction of sp³-hybridized carbons (Fsp3) is 0.547. The second-order valence-electron chi connectivity index (χ2n) is 18.8. The molecule has 4 unspecified atom stereocenters. The number of nitrogens with zero attached hydrogens (tertiary/aromatic N) is 5. The Hall–Kier alpha value is -3.65. The largest absolute Gasteiger partial charge is 0.314 e. The van der Waals surface area contributed by atoms with E-state index in [1.54, 1.807) is 12.1 Å². The number of hydrogen-bond acceptors (Lipinski definition) is 8. The minimum absolute atomic E-state index is 0.0838. The van der Waals surface area contributed by atoms with Crippen LogP contribution < -0.4 is 16.0 Å². The van der Waals surface area contributed by atoms with Gasteiger partial charge in [0.05, 0.1) is 6.04 Å². The molecule has 4 aliphatic heterocycles. The first-order valence-corrected chi connectivity index (χ1v) is 23.9. The zero-order chi connectivity index (χ0) is 46.2. The highest BCUT2D eigenvalue weighted by molar-refractivity contribution is 5.25. The molecule has 4 atom stereocenters. The van der Waals surface area contributed by atoms with Crippen molar-refractivity contribution in [3.63, 3.8) is 0 Å². The lowest BCUT2D eigenvalue weighted by molar-refractivity contribution is 0.0639. The first kappa shape index (κ1) is 51.3. The molecule has 0 bridgehead atoms. The van der Waals surface area contributed by atoms with Gasteiger partial charge in [0.25, 0.3) is 0 Å². The van der Waals surface area contributed by atoms with Gasteiger partial charge in [-0.3, -0.25) is 19.6 Å². The Kier molecular flexibility index (Phi) is 20.8. The lowest BCUT2D eigenvalue weighted by Gasteiger charge is -2.42. The van der Waals surface area contributed by atoms with Crippen molar-refractivity contribution in [1.82, 2.24) is 40.4 Å². The Labute approximate surface area is 384 Å². The maximum absolute atomic E-state index is 13.8. The van der Waals surface area contributed by atoms with Gasteiger partial charge in [-0.15, -0.1) is 0 Å². The minimum Gasteiger partial charge on any atom is -0.314 e. The summed E-state index contributed by atoms with van der Waals surface area (Å²) in [7, 11) is 2.22. The molecule has 11 heteroatoms. The van der Waals surface area contributed by atoms with Gasteiger partial charge in [0, 0.05) is 126 Å². The number of benzene rings is 4. The van der Waals surface area contributed by atoms with Crippen LogP contribution in [-0.2, 0) is 0 Å². The van der Waals surface area contributed by atoms with E-state index in [1.807, 2.05) is 6.07 Å². The highest BCUT2D eigenvalue weighted by Gasteiger charge is 2.30. The average molecular weight is 885 g/mol. The van der Waals surface area contributed by atoms with Crippen LogP contribution in [0.1, 0.15) is 102 Å². The van der Waals surface area contributed by atoms with Gasteiger partial charge in [0.15, 0.2) is 0 Å². The van der Waals surface area contributed by atoms with E-state index >= 15 is 0 Å². The van der Waals surface area contributed by atoms with Crippen LogP contribution in [-0.4, -0.2) is 134 Å². The molecular formula is C53H79F3N8. The summed E-state index contributed by atoms with van der Waals surface area (Å²) < 4.78 is 40.2. The van der Waals surface area contributed by atoms with Crippen LogP contribution in [0, 0.1) is 17.5 Å². The molecule has 8 rings (SSSR count). The van der Waals surface area contributed by atoms with Gasteiger partial charge in [-0.05, 0) is 109 Å². The van der Waals surface area contributed by atoms with E-state index in [4.69, 9.17) is 0 Å². The molecule has 4 fully saturated rings. The molecule has 4 heterocycles. The van der Waals surface area contributed by atoms with Crippen molar-refractivity contribution in [2.75, 3.05) is 85.6 Å². The van der Waals surface area contributed by atoms with Gasteiger partial charge in [0.2, 0.25) is 0 Å². The molecular weight excluding hydrogens is 806 g/mol. The normalized spacial score (nSPS) is 22.9. The van der Waals surface area contributed by atoms with E-state index < -0.39 is 0 Å². The zero-order valence-corrected chi connectivity index (χ0v) is 40.3. The second-order valence-corrected chi connectivity index (χ2v) is 18.8. The summed E-state index contributed by atoms with van der Waals surface area (Å²) in [6, 6.07) is 35.7. The molecule has 352 valence electrons. The standard InChI is InChI=1S/C14H22N2.C13H18F2N2.C13H19FN2.C13H20N2/c1-12(2)16-10-9-15(3)11-14(16)13-7-5-4-6-8-13;1-9(2)17-6-5-16-8-13(17)11-7-10(14)3-4-12(11)15;1-10(2)16-7-6-15-9-13(16)11-4-3-5-12(14)8-11;1-11(2)15-9-8-14-10-13(15)12-6-4-3-5-7-12/h4-8,12,14H,9-11H2,1-3H3;3-4,7,9,13,16H,5-6,8H2,1-2H3;3-5,8,10,13,15H,6-7,9H2,1-2H3;3-7,11,13-14H,8-10H2,1-2H3. The number of hydrogen-bond donors (Lipinski definition) is 3. The average Bonchev–Trinajstić information content (AvgIpc) is 3.31. The lowest BCUT2D eigenvalue weighted by Crippen LogP contribution is -2.49. The topological polar surface area (TPSA) is 52.3 Å². The van der Waals surface area contributed by atoms with Crippen LogP contribution in [0.25, 0.3) is 0 Å². The van der Waals surface area contributed by atoms with E-state index in [0.717, 1.165) is 70.5 Å². The lowest BCUT2D eigenvalue weighted by atomic mass is 10.0. The summed E-state index contributed by atoms with van der Waals surface area (Å²) in [5.41, 5.74) is 4.40. The molecule has 4 aliphatic rings. The van der Waals surface area contributed by atoms with Crippen LogP contribution >= 0.6 is 0 Å². The van der Waals surface area contributed by atoms with Gasteiger partial charge < -0.3 is 20.9 Å². The van der Waals surface area contributed by atoms with E-state index in [9.17, 15) is 13.2 Å². The van der Waals surface area contributed by atoms with Crippen molar-refractivity contribution in [2.45, 2.75) is 104 Å². The van der Waals surface area contributed by atoms with E-state index in [-0.39, 0.29) is 23.5 Å². The summed E-state index contributed by atoms with van der Waals surface area (Å²) in [5.74, 6) is -0.854. The second kappa shape index (κ2) is 25.9. The smallest absolute Gasteiger partial charge is 0.128 e. The van der Waals surface area contributed by atoms with Gasteiger partial charge >= 0.3 is 0 Å². The monoisotopic (exact) mass is 885 g/mol. The van der Waals surface area contributed by atoms with Gasteiger partial charge in [-0.1, -0.05) is 72.8 Å². The number of likely N-dealkylation sites (N-methyl/N-ethyl adjacent to an activating group) is 1. The predicted molar refractivity (Wildman–Crippen MR) is 260 cm³/mol. The van der Waals surface area contributed by atoms with E-state index in [1.165, 1.54) is 42.4 Å². The maximum atomic E-state index is 13.8. The minimum atomic E-state index is -0.379. The quantitative estimate of drug-likeness (QED) is 0.162. The third-order valence-corrected chi connectivity index (χ3v) is 13.1. The fourth-order valence-electron chi connectivity index (χ4n) is 9.60. The van der Waals surface area contributed by atoms with E-state index in [0.29, 0.717) is 54.4 Å². The summed E-state index contributed by atoms with van der Waals surface area (Å²) in [6.45, 7) is 29.9. The highest BCUT2D eigenvalue weighted by atomic mass is 19.1. The molecule has 0 amide bonds. The van der Waals surface area contributed by atoms with Crippen LogP contribution in [0.15, 0.2) is 103 Å². The highest BCUT2D eigenvalue weighted by Crippen LogP contribution is 2.29. The van der Waals surface area contributed by atoms with Crippen molar-refractivity contribution in [3.8, 4) is 0 Å². The molecule has 3 N–H and O–H groups in total. The van der Waals surface area contributed by atoms with Gasteiger partial charge in [-0.25, -0.2) is 13.2 Å². The van der Waals surface area contributed by atoms with Crippen LogP contribution in [0.3, 0.4) is 0 Å². The Morgan fingerprint density at radius 1 is 0.438 bits per heavy atom. The Balaban J connectivity index is 0.000000161. The number of halogens is 3. The molecule has 4 saturated heterocycles. The van der Waals surface area contributed by atoms with Crippen LogP contribution in [0.5, 0.6) is 0 Å². The molecule has 4 aromatic carbocycles. The Morgan fingerprint density at radius 3 is 1.36 bits per heavy atom. The number of rotatable bonds is 8. The van der Waals surface area contributed by atoms with Crippen LogP contribution in [0.4, 0.5) is 13.2 Å². The number of nitrogens with one attached hydrogen (secondary N) is 3. The fourth-order valence-corrected chi connectivity index (χ4v) is 9.60. The predicted octanol–water partition coefficient (Wildman–Crippen LogP) is 8.92. The molecule has 8 nitrogen and oxygen atoms in total. The molecule has 0 radical (unpaired) electrons. The summed E-state index contributed by atoms with van der Waals surface area (Å²) in [6.07, 6.45) is 0. The van der Waals surface area contributed by atoms with E-state index in [2.05, 4.69) is 164 Å². The van der Waals surface area contributed by atoms with Crippen LogP contribution in [0.2, 0.25) is 0 Å². The molecule has 4 aromatic rings. The Morgan fingerprint density at radius 2 is 0.859 bits per heavy atom. The zero-order valence-electron chi connectivity index (χ0n) is 40.3. The third-order valence-electron chi connectivity index (χ3n) is 13.1.